The average Bonchev–Trinajstić information content (AvgIpc) is 2.76. The maximum Gasteiger partial charge on any atom is 0.238 e. The van der Waals surface area contributed by atoms with Crippen molar-refractivity contribution < 1.29 is 19.1 Å². The highest BCUT2D eigenvalue weighted by molar-refractivity contribution is 6.04. The van der Waals surface area contributed by atoms with Gasteiger partial charge in [0.2, 0.25) is 5.91 Å². The number of amides is 1. The monoisotopic (exact) mass is 425 g/mol. The summed E-state index contributed by atoms with van der Waals surface area (Å²) in [7, 11) is 3.29. The maximum atomic E-state index is 12.5. The number of benzene rings is 2. The van der Waals surface area contributed by atoms with Gasteiger partial charge in [-0.25, -0.2) is 0 Å². The lowest BCUT2D eigenvalue weighted by molar-refractivity contribution is -0.117. The van der Waals surface area contributed by atoms with Crippen LogP contribution in [0.3, 0.4) is 0 Å². The van der Waals surface area contributed by atoms with Gasteiger partial charge in [-0.05, 0) is 49.2 Å². The summed E-state index contributed by atoms with van der Waals surface area (Å²) in [4.78, 5) is 28.8. The fourth-order valence-corrected chi connectivity index (χ4v) is 3.83. The molecule has 0 bridgehead atoms. The van der Waals surface area contributed by atoms with Crippen LogP contribution < -0.4 is 14.8 Å². The van der Waals surface area contributed by atoms with E-state index >= 15 is 0 Å². The van der Waals surface area contributed by atoms with E-state index in [0.717, 1.165) is 44.2 Å². The third-order valence-electron chi connectivity index (χ3n) is 5.65. The van der Waals surface area contributed by atoms with Crippen molar-refractivity contribution in [2.24, 2.45) is 0 Å². The smallest absolute Gasteiger partial charge is 0.238 e. The Hall–Kier alpha value is -2.90. The number of carbonyl (C=O) groups excluding carboxylic acids is 2. The van der Waals surface area contributed by atoms with Crippen LogP contribution in [0.5, 0.6) is 11.5 Å². The highest BCUT2D eigenvalue weighted by Gasteiger charge is 2.21. The normalized spacial score (nSPS) is 14.8. The second-order valence-electron chi connectivity index (χ2n) is 7.84. The van der Waals surface area contributed by atoms with Crippen LogP contribution in [0.25, 0.3) is 0 Å². The molecule has 1 heterocycles. The number of hydrogen-bond donors (Lipinski definition) is 1. The molecule has 166 valence electrons. The Bertz CT molecular complexity index is 936. The number of nitrogens with zero attached hydrogens (tertiary/aromatic N) is 2. The molecule has 1 fully saturated rings. The second-order valence-corrected chi connectivity index (χ2v) is 7.84. The third-order valence-corrected chi connectivity index (χ3v) is 5.65. The summed E-state index contributed by atoms with van der Waals surface area (Å²) in [6.45, 7) is 8.12. The second kappa shape index (κ2) is 10.4. The summed E-state index contributed by atoms with van der Waals surface area (Å²) in [6, 6.07) is 11.2. The Balaban J connectivity index is 1.52. The van der Waals surface area contributed by atoms with Crippen molar-refractivity contribution >= 4 is 17.4 Å². The standard InChI is InChI=1S/C24H31N3O4/c1-17-13-22(30-3)23(31-4)14-19(17)15-26-9-11-27(12-10-26)16-24(29)25-21-8-6-5-7-20(21)18(2)28/h5-8,13-14H,9-12,15-16H2,1-4H3,(H,25,29). The molecule has 7 heteroatoms. The molecule has 2 aromatic rings. The molecule has 31 heavy (non-hydrogen) atoms. The van der Waals surface area contributed by atoms with Crippen molar-refractivity contribution in [3.8, 4) is 11.5 Å². The summed E-state index contributed by atoms with van der Waals surface area (Å²) in [5.74, 6) is 1.32. The van der Waals surface area contributed by atoms with Gasteiger partial charge >= 0.3 is 0 Å². The number of carbonyl (C=O) groups is 2. The number of para-hydroxylation sites is 1. The number of aryl methyl sites for hydroxylation is 1. The number of anilines is 1. The summed E-state index contributed by atoms with van der Waals surface area (Å²) >= 11 is 0. The van der Waals surface area contributed by atoms with E-state index in [0.29, 0.717) is 17.8 Å². The Kier molecular flexibility index (Phi) is 7.65. The molecule has 0 unspecified atom stereocenters. The zero-order valence-corrected chi connectivity index (χ0v) is 18.7. The van der Waals surface area contributed by atoms with E-state index in [1.54, 1.807) is 32.4 Å². The highest BCUT2D eigenvalue weighted by Crippen LogP contribution is 2.31. The minimum Gasteiger partial charge on any atom is -0.493 e. The molecule has 0 spiro atoms. The summed E-state index contributed by atoms with van der Waals surface area (Å²) in [6.07, 6.45) is 0. The average molecular weight is 426 g/mol. The first kappa shape index (κ1) is 22.8. The Morgan fingerprint density at radius 2 is 1.58 bits per heavy atom. The van der Waals surface area contributed by atoms with Crippen LogP contribution in [-0.2, 0) is 11.3 Å². The van der Waals surface area contributed by atoms with E-state index in [2.05, 4.69) is 22.0 Å². The molecule has 1 N–H and O–H groups in total. The van der Waals surface area contributed by atoms with Gasteiger partial charge in [0.1, 0.15) is 0 Å². The number of ketones is 1. The maximum absolute atomic E-state index is 12.5. The van der Waals surface area contributed by atoms with Crippen LogP contribution in [0.2, 0.25) is 0 Å². The molecular formula is C24H31N3O4. The first-order valence-electron chi connectivity index (χ1n) is 10.5. The molecule has 1 aliphatic heterocycles. The fourth-order valence-electron chi connectivity index (χ4n) is 3.83. The SMILES string of the molecule is COc1cc(C)c(CN2CCN(CC(=O)Nc3ccccc3C(C)=O)CC2)cc1OC. The summed E-state index contributed by atoms with van der Waals surface area (Å²) in [5.41, 5.74) is 3.49. The molecule has 7 nitrogen and oxygen atoms in total. The minimum atomic E-state index is -0.0992. The predicted octanol–water partition coefficient (Wildman–Crippen LogP) is 2.97. The Morgan fingerprint density at radius 3 is 2.23 bits per heavy atom. The number of rotatable bonds is 8. The summed E-state index contributed by atoms with van der Waals surface area (Å²) < 4.78 is 10.8. The molecule has 1 saturated heterocycles. The van der Waals surface area contributed by atoms with Gasteiger partial charge < -0.3 is 14.8 Å². The molecule has 0 radical (unpaired) electrons. The van der Waals surface area contributed by atoms with Crippen molar-refractivity contribution in [3.05, 3.63) is 53.1 Å². The van der Waals surface area contributed by atoms with Gasteiger partial charge in [-0.3, -0.25) is 19.4 Å². The fraction of sp³-hybridized carbons (Fsp3) is 0.417. The first-order valence-corrected chi connectivity index (χ1v) is 10.5. The topological polar surface area (TPSA) is 71.1 Å². The van der Waals surface area contributed by atoms with E-state index in [-0.39, 0.29) is 11.7 Å². The van der Waals surface area contributed by atoms with E-state index in [1.165, 1.54) is 18.1 Å². The van der Waals surface area contributed by atoms with Crippen LogP contribution in [0.15, 0.2) is 36.4 Å². The van der Waals surface area contributed by atoms with Crippen LogP contribution in [0.1, 0.15) is 28.4 Å². The van der Waals surface area contributed by atoms with Crippen molar-refractivity contribution in [2.45, 2.75) is 20.4 Å². The van der Waals surface area contributed by atoms with Gasteiger partial charge in [-0.1, -0.05) is 12.1 Å². The summed E-state index contributed by atoms with van der Waals surface area (Å²) in [5, 5.41) is 2.88. The van der Waals surface area contributed by atoms with Gasteiger partial charge in [-0.2, -0.15) is 0 Å². The molecule has 3 rings (SSSR count). The largest absolute Gasteiger partial charge is 0.493 e. The van der Waals surface area contributed by atoms with Crippen LogP contribution in [0, 0.1) is 6.92 Å². The van der Waals surface area contributed by atoms with Gasteiger partial charge in [0, 0.05) is 38.3 Å². The molecule has 2 aromatic carbocycles. The number of nitrogens with one attached hydrogen (secondary N) is 1. The van der Waals surface area contributed by atoms with Crippen molar-refractivity contribution in [2.75, 3.05) is 52.3 Å². The van der Waals surface area contributed by atoms with Crippen LogP contribution in [-0.4, -0.2) is 68.4 Å². The quantitative estimate of drug-likeness (QED) is 0.656. The van der Waals surface area contributed by atoms with Gasteiger partial charge in [0.25, 0.3) is 0 Å². The van der Waals surface area contributed by atoms with Gasteiger partial charge in [0.15, 0.2) is 17.3 Å². The molecule has 0 aliphatic carbocycles. The van der Waals surface area contributed by atoms with Gasteiger partial charge in [0.05, 0.1) is 26.5 Å². The lowest BCUT2D eigenvalue weighted by Gasteiger charge is -2.34. The minimum absolute atomic E-state index is 0.0602. The number of Topliss-reactive ketones (excluding diaryl/α,β-unsaturated/α-hetero) is 1. The number of piperazine rings is 1. The van der Waals surface area contributed by atoms with Crippen LogP contribution >= 0.6 is 0 Å². The molecule has 0 saturated carbocycles. The Labute approximate surface area is 183 Å². The van der Waals surface area contributed by atoms with E-state index < -0.39 is 0 Å². The van der Waals surface area contributed by atoms with Crippen molar-refractivity contribution in [1.82, 2.24) is 9.80 Å². The van der Waals surface area contributed by atoms with Crippen molar-refractivity contribution in [3.63, 3.8) is 0 Å². The molecule has 1 amide bonds. The number of methoxy groups -OCH3 is 2. The van der Waals surface area contributed by atoms with Crippen LogP contribution in [0.4, 0.5) is 5.69 Å². The number of hydrogen-bond acceptors (Lipinski definition) is 6. The lowest BCUT2D eigenvalue weighted by Crippen LogP contribution is -2.48. The zero-order valence-electron chi connectivity index (χ0n) is 18.7. The van der Waals surface area contributed by atoms with E-state index in [9.17, 15) is 9.59 Å². The molecule has 1 aliphatic rings. The Morgan fingerprint density at radius 1 is 0.968 bits per heavy atom. The third kappa shape index (κ3) is 5.83. The lowest BCUT2D eigenvalue weighted by atomic mass is 10.1. The highest BCUT2D eigenvalue weighted by atomic mass is 16.5. The van der Waals surface area contributed by atoms with Gasteiger partial charge in [-0.15, -0.1) is 0 Å². The predicted molar refractivity (Wildman–Crippen MR) is 121 cm³/mol. The molecule has 0 atom stereocenters. The first-order chi connectivity index (χ1) is 14.9. The van der Waals surface area contributed by atoms with E-state index in [1.807, 2.05) is 18.2 Å². The van der Waals surface area contributed by atoms with Crippen molar-refractivity contribution in [1.29, 1.82) is 0 Å². The molecular weight excluding hydrogens is 394 g/mol. The van der Waals surface area contributed by atoms with E-state index in [4.69, 9.17) is 9.47 Å². The zero-order chi connectivity index (χ0) is 22.4. The molecule has 0 aromatic heterocycles. The number of ether oxygens (including phenoxy) is 2.